The van der Waals surface area contributed by atoms with Crippen molar-refractivity contribution >= 4 is 17.7 Å². The minimum atomic E-state index is -0.671. The van der Waals surface area contributed by atoms with Crippen LogP contribution in [-0.2, 0) is 4.79 Å². The summed E-state index contributed by atoms with van der Waals surface area (Å²) < 4.78 is 0.611. The monoisotopic (exact) mass is 162 g/mol. The van der Waals surface area contributed by atoms with Gasteiger partial charge in [0.2, 0.25) is 0 Å². The molecule has 0 saturated carbocycles. The van der Waals surface area contributed by atoms with E-state index >= 15 is 0 Å². The van der Waals surface area contributed by atoms with E-state index in [2.05, 4.69) is 0 Å². The molecular formula is C6H12NO2S+. The first-order chi connectivity index (χ1) is 4.54. The highest BCUT2D eigenvalue weighted by Crippen LogP contribution is 2.25. The maximum absolute atomic E-state index is 10.6. The lowest BCUT2D eigenvalue weighted by atomic mass is 10.3. The summed E-state index contributed by atoms with van der Waals surface area (Å²) in [7, 11) is 3.91. The van der Waals surface area contributed by atoms with Crippen LogP contribution in [0.1, 0.15) is 0 Å². The number of aliphatic carboxylic acids is 1. The van der Waals surface area contributed by atoms with Crippen LogP contribution in [0.2, 0.25) is 0 Å². The molecule has 0 aromatic carbocycles. The molecular weight excluding hydrogens is 150 g/mol. The molecule has 0 aliphatic carbocycles. The highest BCUT2D eigenvalue weighted by Gasteiger charge is 2.40. The van der Waals surface area contributed by atoms with Gasteiger partial charge in [0.1, 0.15) is 5.88 Å². The second-order valence-electron chi connectivity index (χ2n) is 3.13. The summed E-state index contributed by atoms with van der Waals surface area (Å²) in [6.07, 6.45) is 0. The van der Waals surface area contributed by atoms with Gasteiger partial charge in [-0.1, -0.05) is 11.8 Å². The first kappa shape index (κ1) is 7.88. The number of thioether (sulfide) groups is 1. The maximum atomic E-state index is 10.6. The van der Waals surface area contributed by atoms with Crippen molar-refractivity contribution < 1.29 is 14.4 Å². The molecule has 58 valence electrons. The summed E-state index contributed by atoms with van der Waals surface area (Å²) in [5.41, 5.74) is 0. The van der Waals surface area contributed by atoms with Crippen LogP contribution in [0.25, 0.3) is 0 Å². The number of nitrogens with zero attached hydrogens (tertiary/aromatic N) is 1. The fourth-order valence-electron chi connectivity index (χ4n) is 1.06. The van der Waals surface area contributed by atoms with Crippen LogP contribution < -0.4 is 0 Å². The normalized spacial score (nSPS) is 30.4. The molecule has 0 aromatic heterocycles. The molecule has 1 aliphatic heterocycles. The Kier molecular flexibility index (Phi) is 1.92. The maximum Gasteiger partial charge on any atom is 0.363 e. The van der Waals surface area contributed by atoms with Gasteiger partial charge in [0.25, 0.3) is 0 Å². The molecule has 1 aliphatic rings. The van der Waals surface area contributed by atoms with Crippen molar-refractivity contribution in [3.8, 4) is 0 Å². The summed E-state index contributed by atoms with van der Waals surface area (Å²) in [6, 6.07) is -0.204. The van der Waals surface area contributed by atoms with Crippen molar-refractivity contribution in [3.63, 3.8) is 0 Å². The van der Waals surface area contributed by atoms with Crippen LogP contribution >= 0.6 is 11.8 Å². The van der Waals surface area contributed by atoms with Crippen LogP contribution in [-0.4, -0.2) is 47.3 Å². The van der Waals surface area contributed by atoms with Crippen LogP contribution in [0.4, 0.5) is 0 Å². The standard InChI is InChI=1S/C6H11NO2S/c1-7(2)4-10-3-5(7)6(8)9/h5H,3-4H2,1-2H3/p+1/t5-/m1/s1. The molecule has 1 rings (SSSR count). The Balaban J connectivity index is 2.68. The molecule has 0 amide bonds. The average molecular weight is 162 g/mol. The van der Waals surface area contributed by atoms with E-state index in [1.54, 1.807) is 11.8 Å². The molecule has 0 unspecified atom stereocenters. The van der Waals surface area contributed by atoms with Crippen LogP contribution in [0.5, 0.6) is 0 Å². The zero-order valence-electron chi connectivity index (χ0n) is 6.20. The Morgan fingerprint density at radius 2 is 2.30 bits per heavy atom. The number of hydrogen-bond donors (Lipinski definition) is 1. The largest absolute Gasteiger partial charge is 0.477 e. The van der Waals surface area contributed by atoms with E-state index in [0.29, 0.717) is 4.48 Å². The summed E-state index contributed by atoms with van der Waals surface area (Å²) >= 11 is 1.71. The van der Waals surface area contributed by atoms with Gasteiger partial charge in [0, 0.05) is 0 Å². The van der Waals surface area contributed by atoms with Crippen molar-refractivity contribution in [1.29, 1.82) is 0 Å². The summed E-state index contributed by atoms with van der Waals surface area (Å²) in [6.45, 7) is 0. The number of quaternary nitrogens is 1. The third kappa shape index (κ3) is 1.27. The second kappa shape index (κ2) is 2.43. The molecule has 0 radical (unpaired) electrons. The lowest BCUT2D eigenvalue weighted by molar-refractivity contribution is -0.887. The fraction of sp³-hybridized carbons (Fsp3) is 0.833. The third-order valence-corrected chi connectivity index (χ3v) is 3.23. The number of carboxylic acids is 1. The van der Waals surface area contributed by atoms with Crippen molar-refractivity contribution in [3.05, 3.63) is 0 Å². The van der Waals surface area contributed by atoms with Gasteiger partial charge in [0.05, 0.1) is 19.8 Å². The number of rotatable bonds is 1. The number of carbonyl (C=O) groups is 1. The quantitative estimate of drug-likeness (QED) is 0.560. The highest BCUT2D eigenvalue weighted by molar-refractivity contribution is 7.99. The van der Waals surface area contributed by atoms with Gasteiger partial charge in [-0.05, 0) is 0 Å². The van der Waals surface area contributed by atoms with Crippen molar-refractivity contribution in [2.75, 3.05) is 25.7 Å². The topological polar surface area (TPSA) is 37.3 Å². The van der Waals surface area contributed by atoms with E-state index in [-0.39, 0.29) is 6.04 Å². The summed E-state index contributed by atoms with van der Waals surface area (Å²) in [5, 5.41) is 8.72. The predicted octanol–water partition coefficient (Wildman–Crippen LogP) is 0.220. The molecule has 4 heteroatoms. The van der Waals surface area contributed by atoms with Gasteiger partial charge in [-0.3, -0.25) is 0 Å². The molecule has 1 atom stereocenters. The molecule has 1 N–H and O–H groups in total. The van der Waals surface area contributed by atoms with E-state index in [1.807, 2.05) is 14.1 Å². The van der Waals surface area contributed by atoms with Crippen molar-refractivity contribution in [2.45, 2.75) is 6.04 Å². The molecule has 1 heterocycles. The zero-order chi connectivity index (χ0) is 7.78. The lowest BCUT2D eigenvalue weighted by Gasteiger charge is -2.27. The summed E-state index contributed by atoms with van der Waals surface area (Å²) in [4.78, 5) is 10.6. The molecule has 1 saturated heterocycles. The Hall–Kier alpha value is -0.220. The summed E-state index contributed by atoms with van der Waals surface area (Å²) in [5.74, 6) is 0.995. The molecule has 3 nitrogen and oxygen atoms in total. The van der Waals surface area contributed by atoms with Gasteiger partial charge in [0.15, 0.2) is 6.04 Å². The average Bonchev–Trinajstić information content (AvgIpc) is 2.08. The number of likely N-dealkylation sites (N-methyl/N-ethyl adjacent to an activating group) is 1. The first-order valence-corrected chi connectivity index (χ1v) is 4.33. The molecule has 1 fully saturated rings. The molecule has 0 aromatic rings. The van der Waals surface area contributed by atoms with Gasteiger partial charge in [-0.25, -0.2) is 4.79 Å². The van der Waals surface area contributed by atoms with Gasteiger partial charge in [-0.2, -0.15) is 0 Å². The zero-order valence-corrected chi connectivity index (χ0v) is 7.02. The van der Waals surface area contributed by atoms with Gasteiger partial charge >= 0.3 is 5.97 Å². The van der Waals surface area contributed by atoms with E-state index < -0.39 is 5.97 Å². The molecule has 0 bridgehead atoms. The minimum Gasteiger partial charge on any atom is -0.477 e. The Morgan fingerprint density at radius 3 is 2.50 bits per heavy atom. The van der Waals surface area contributed by atoms with E-state index in [4.69, 9.17) is 5.11 Å². The van der Waals surface area contributed by atoms with Gasteiger partial charge < -0.3 is 9.59 Å². The van der Waals surface area contributed by atoms with E-state index in [9.17, 15) is 4.79 Å². The van der Waals surface area contributed by atoms with Crippen LogP contribution in [0, 0.1) is 0 Å². The number of hydrogen-bond acceptors (Lipinski definition) is 2. The lowest BCUT2D eigenvalue weighted by Crippen LogP contribution is -2.49. The van der Waals surface area contributed by atoms with E-state index in [1.165, 1.54) is 0 Å². The smallest absolute Gasteiger partial charge is 0.363 e. The van der Waals surface area contributed by atoms with Gasteiger partial charge in [-0.15, -0.1) is 0 Å². The Labute approximate surface area is 64.6 Å². The second-order valence-corrected chi connectivity index (χ2v) is 4.13. The first-order valence-electron chi connectivity index (χ1n) is 3.17. The van der Waals surface area contributed by atoms with E-state index in [0.717, 1.165) is 11.6 Å². The fourth-order valence-corrected chi connectivity index (χ4v) is 2.59. The van der Waals surface area contributed by atoms with Crippen LogP contribution in [0.3, 0.4) is 0 Å². The van der Waals surface area contributed by atoms with Crippen molar-refractivity contribution in [2.24, 2.45) is 0 Å². The van der Waals surface area contributed by atoms with Crippen LogP contribution in [0.15, 0.2) is 0 Å². The Bertz CT molecular complexity index is 158. The molecule has 10 heavy (non-hydrogen) atoms. The highest BCUT2D eigenvalue weighted by atomic mass is 32.2. The number of carboxylic acid groups (broad SMARTS) is 1. The Morgan fingerprint density at radius 1 is 1.70 bits per heavy atom. The minimum absolute atomic E-state index is 0.204. The predicted molar refractivity (Wildman–Crippen MR) is 40.9 cm³/mol. The van der Waals surface area contributed by atoms with Crippen molar-refractivity contribution in [1.82, 2.24) is 0 Å². The third-order valence-electron chi connectivity index (χ3n) is 1.83. The molecule has 0 spiro atoms. The SMILES string of the molecule is C[N+]1(C)CSC[C@@H]1C(=O)O.